The van der Waals surface area contributed by atoms with E-state index in [0.29, 0.717) is 18.3 Å². The minimum Gasteiger partial charge on any atom is -0.393 e. The third-order valence-corrected chi connectivity index (χ3v) is 3.99. The molecule has 0 bridgehead atoms. The van der Waals surface area contributed by atoms with Crippen molar-refractivity contribution in [1.29, 1.82) is 0 Å². The van der Waals surface area contributed by atoms with Gasteiger partial charge in [0.1, 0.15) is 11.6 Å². The Morgan fingerprint density at radius 3 is 2.95 bits per heavy atom. The van der Waals surface area contributed by atoms with Crippen LogP contribution in [0.1, 0.15) is 19.2 Å². The molecule has 1 aliphatic rings. The highest BCUT2D eigenvalue weighted by Gasteiger charge is 2.24. The van der Waals surface area contributed by atoms with Crippen LogP contribution in [-0.2, 0) is 6.54 Å². The average molecular weight is 272 g/mol. The summed E-state index contributed by atoms with van der Waals surface area (Å²) >= 11 is 0. The average Bonchev–Trinajstić information content (AvgIpc) is 2.43. The zero-order chi connectivity index (χ0) is 14.1. The maximum absolute atomic E-state index is 9.77. The number of benzene rings is 1. The van der Waals surface area contributed by atoms with Crippen LogP contribution in [0.4, 0.5) is 5.82 Å². The van der Waals surface area contributed by atoms with Gasteiger partial charge in [0.25, 0.3) is 0 Å². The number of likely N-dealkylation sites (tertiary alicyclic amines) is 1. The van der Waals surface area contributed by atoms with E-state index in [1.165, 1.54) is 0 Å². The largest absolute Gasteiger partial charge is 0.393 e. The highest BCUT2D eigenvalue weighted by Crippen LogP contribution is 2.20. The first-order chi connectivity index (χ1) is 9.63. The number of rotatable bonds is 2. The lowest BCUT2D eigenvalue weighted by Gasteiger charge is -2.33. The molecule has 3 N–H and O–H groups in total. The van der Waals surface area contributed by atoms with Gasteiger partial charge in [0.15, 0.2) is 0 Å². The van der Waals surface area contributed by atoms with Gasteiger partial charge in [0.05, 0.1) is 18.2 Å². The van der Waals surface area contributed by atoms with E-state index in [9.17, 15) is 5.11 Å². The molecule has 1 saturated heterocycles. The summed E-state index contributed by atoms with van der Waals surface area (Å²) in [7, 11) is 0. The fourth-order valence-corrected chi connectivity index (χ4v) is 2.78. The predicted octanol–water partition coefficient (Wildman–Crippen LogP) is 1.41. The first kappa shape index (κ1) is 13.3. The molecular formula is C15H20N4O. The maximum Gasteiger partial charge on any atom is 0.145 e. The molecule has 1 aliphatic heterocycles. The molecule has 1 aromatic carbocycles. The van der Waals surface area contributed by atoms with Crippen LogP contribution >= 0.6 is 0 Å². The lowest BCUT2D eigenvalue weighted by Crippen LogP contribution is -2.41. The smallest absolute Gasteiger partial charge is 0.145 e. The number of nitrogen functional groups attached to an aromatic ring is 1. The van der Waals surface area contributed by atoms with Crippen molar-refractivity contribution in [3.05, 3.63) is 30.1 Å². The SMILES string of the molecule is CC1CN(Cc2nc(N)c3ccccc3n2)CCC1O. The lowest BCUT2D eigenvalue weighted by molar-refractivity contribution is 0.0311. The van der Waals surface area contributed by atoms with Crippen molar-refractivity contribution in [3.63, 3.8) is 0 Å². The van der Waals surface area contributed by atoms with Gasteiger partial charge < -0.3 is 10.8 Å². The minimum atomic E-state index is -0.186. The summed E-state index contributed by atoms with van der Waals surface area (Å²) < 4.78 is 0. The van der Waals surface area contributed by atoms with Crippen LogP contribution < -0.4 is 5.73 Å². The van der Waals surface area contributed by atoms with Crippen molar-refractivity contribution in [2.75, 3.05) is 18.8 Å². The Morgan fingerprint density at radius 2 is 2.15 bits per heavy atom. The Morgan fingerprint density at radius 1 is 1.35 bits per heavy atom. The van der Waals surface area contributed by atoms with Gasteiger partial charge in [-0.2, -0.15) is 0 Å². The van der Waals surface area contributed by atoms with Gasteiger partial charge in [-0.3, -0.25) is 4.90 Å². The third kappa shape index (κ3) is 2.59. The first-order valence-corrected chi connectivity index (χ1v) is 7.05. The molecule has 2 heterocycles. The van der Waals surface area contributed by atoms with E-state index in [0.717, 1.165) is 36.2 Å². The van der Waals surface area contributed by atoms with E-state index in [4.69, 9.17) is 5.73 Å². The van der Waals surface area contributed by atoms with E-state index in [2.05, 4.69) is 21.8 Å². The van der Waals surface area contributed by atoms with Crippen molar-refractivity contribution >= 4 is 16.7 Å². The highest BCUT2D eigenvalue weighted by atomic mass is 16.3. The first-order valence-electron chi connectivity index (χ1n) is 7.05. The van der Waals surface area contributed by atoms with E-state index >= 15 is 0 Å². The predicted molar refractivity (Wildman–Crippen MR) is 79.0 cm³/mol. The number of piperidine rings is 1. The monoisotopic (exact) mass is 272 g/mol. The highest BCUT2D eigenvalue weighted by molar-refractivity contribution is 5.87. The van der Waals surface area contributed by atoms with Crippen molar-refractivity contribution in [2.45, 2.75) is 26.0 Å². The van der Waals surface area contributed by atoms with Gasteiger partial charge in [0.2, 0.25) is 0 Å². The molecule has 0 aliphatic carbocycles. The second-order valence-electron chi connectivity index (χ2n) is 5.61. The van der Waals surface area contributed by atoms with Crippen LogP contribution in [0.15, 0.2) is 24.3 Å². The van der Waals surface area contributed by atoms with Crippen molar-refractivity contribution < 1.29 is 5.11 Å². The van der Waals surface area contributed by atoms with Gasteiger partial charge in [-0.25, -0.2) is 9.97 Å². The summed E-state index contributed by atoms with van der Waals surface area (Å²) in [6.07, 6.45) is 0.623. The number of hydrogen-bond acceptors (Lipinski definition) is 5. The molecular weight excluding hydrogens is 252 g/mol. The van der Waals surface area contributed by atoms with Gasteiger partial charge in [-0.05, 0) is 24.5 Å². The number of aromatic nitrogens is 2. The summed E-state index contributed by atoms with van der Waals surface area (Å²) in [5.74, 6) is 1.59. The number of para-hydroxylation sites is 1. The van der Waals surface area contributed by atoms with Crippen LogP contribution in [0.2, 0.25) is 0 Å². The van der Waals surface area contributed by atoms with Gasteiger partial charge in [-0.15, -0.1) is 0 Å². The molecule has 20 heavy (non-hydrogen) atoms. The number of nitrogens with two attached hydrogens (primary N) is 1. The van der Waals surface area contributed by atoms with Crippen molar-refractivity contribution in [3.8, 4) is 0 Å². The quantitative estimate of drug-likeness (QED) is 0.864. The zero-order valence-corrected chi connectivity index (χ0v) is 11.7. The third-order valence-electron chi connectivity index (χ3n) is 3.99. The standard InChI is InChI=1S/C15H20N4O/c1-10-8-19(7-6-13(10)20)9-14-17-12-5-3-2-4-11(12)15(16)18-14/h2-5,10,13,20H,6-9H2,1H3,(H2,16,17,18). The zero-order valence-electron chi connectivity index (χ0n) is 11.7. The number of anilines is 1. The molecule has 3 rings (SSSR count). The minimum absolute atomic E-state index is 0.186. The maximum atomic E-state index is 9.77. The van der Waals surface area contributed by atoms with Gasteiger partial charge >= 0.3 is 0 Å². The van der Waals surface area contributed by atoms with E-state index in [1.54, 1.807) is 0 Å². The van der Waals surface area contributed by atoms with E-state index < -0.39 is 0 Å². The van der Waals surface area contributed by atoms with Gasteiger partial charge in [0, 0.05) is 18.5 Å². The van der Waals surface area contributed by atoms with Crippen molar-refractivity contribution in [1.82, 2.24) is 14.9 Å². The molecule has 2 unspecified atom stereocenters. The molecule has 1 aromatic heterocycles. The Hall–Kier alpha value is -1.72. The van der Waals surface area contributed by atoms with Gasteiger partial charge in [-0.1, -0.05) is 19.1 Å². The summed E-state index contributed by atoms with van der Waals surface area (Å²) in [5, 5.41) is 10.7. The molecule has 0 radical (unpaired) electrons. The normalized spacial score (nSPS) is 24.1. The molecule has 5 heteroatoms. The number of fused-ring (bicyclic) bond motifs is 1. The fourth-order valence-electron chi connectivity index (χ4n) is 2.78. The van der Waals surface area contributed by atoms with Crippen LogP contribution in [0.5, 0.6) is 0 Å². The summed E-state index contributed by atoms with van der Waals surface area (Å²) in [6, 6.07) is 7.79. The summed E-state index contributed by atoms with van der Waals surface area (Å²) in [6.45, 7) is 4.51. The second kappa shape index (κ2) is 5.34. The molecule has 2 aromatic rings. The Kier molecular flexibility index (Phi) is 3.54. The lowest BCUT2D eigenvalue weighted by atomic mass is 9.97. The fraction of sp³-hybridized carbons (Fsp3) is 0.467. The molecule has 0 spiro atoms. The molecule has 0 saturated carbocycles. The van der Waals surface area contributed by atoms with Crippen molar-refractivity contribution in [2.24, 2.45) is 5.92 Å². The van der Waals surface area contributed by atoms with E-state index in [-0.39, 0.29) is 6.10 Å². The van der Waals surface area contributed by atoms with Crippen LogP contribution in [-0.4, -0.2) is 39.2 Å². The van der Waals surface area contributed by atoms with Crippen LogP contribution in [0, 0.1) is 5.92 Å². The molecule has 106 valence electrons. The molecule has 1 fully saturated rings. The van der Waals surface area contributed by atoms with E-state index in [1.807, 2.05) is 24.3 Å². The van der Waals surface area contributed by atoms with Crippen LogP contribution in [0.3, 0.4) is 0 Å². The number of nitrogens with zero attached hydrogens (tertiary/aromatic N) is 3. The number of aliphatic hydroxyl groups excluding tert-OH is 1. The molecule has 2 atom stereocenters. The number of hydrogen-bond donors (Lipinski definition) is 2. The second-order valence-corrected chi connectivity index (χ2v) is 5.61. The Labute approximate surface area is 118 Å². The topological polar surface area (TPSA) is 75.3 Å². The summed E-state index contributed by atoms with van der Waals surface area (Å²) in [5.41, 5.74) is 6.89. The Balaban J connectivity index is 1.81. The molecule has 0 amide bonds. The van der Waals surface area contributed by atoms with Crippen LogP contribution in [0.25, 0.3) is 10.9 Å². The number of aliphatic hydroxyl groups is 1. The summed E-state index contributed by atoms with van der Waals surface area (Å²) in [4.78, 5) is 11.3. The molecule has 5 nitrogen and oxygen atoms in total. The Bertz CT molecular complexity index is 616.